The van der Waals surface area contributed by atoms with Crippen LogP contribution in [0.5, 0.6) is 0 Å². The molecular weight excluding hydrogens is 350 g/mol. The maximum absolute atomic E-state index is 12.1. The summed E-state index contributed by atoms with van der Waals surface area (Å²) in [6.45, 7) is 0.939. The van der Waals surface area contributed by atoms with Gasteiger partial charge in [-0.3, -0.25) is 9.59 Å². The van der Waals surface area contributed by atoms with Crippen LogP contribution in [0.2, 0.25) is 0 Å². The van der Waals surface area contributed by atoms with Crippen molar-refractivity contribution in [1.29, 1.82) is 0 Å². The smallest absolute Gasteiger partial charge is 0.293 e. The van der Waals surface area contributed by atoms with Crippen LogP contribution in [-0.2, 0) is 14.3 Å². The first-order valence-corrected chi connectivity index (χ1v) is 8.60. The molecule has 1 heterocycles. The molecule has 0 unspecified atom stereocenters. The molecule has 0 saturated carbocycles. The van der Waals surface area contributed by atoms with Gasteiger partial charge in [0.1, 0.15) is 6.10 Å². The molecule has 0 radical (unpaired) electrons. The number of benzene rings is 1. The van der Waals surface area contributed by atoms with Crippen molar-refractivity contribution in [3.8, 4) is 0 Å². The Balaban J connectivity index is 1.83. The van der Waals surface area contributed by atoms with E-state index >= 15 is 0 Å². The van der Waals surface area contributed by atoms with Gasteiger partial charge in [-0.25, -0.2) is 0 Å². The molecule has 1 amide bonds. The third kappa shape index (κ3) is 5.82. The Morgan fingerprint density at radius 3 is 2.71 bits per heavy atom. The number of carbonyl (C=O) groups is 2. The minimum Gasteiger partial charge on any atom is -0.461 e. The molecule has 6 nitrogen and oxygen atoms in total. The fourth-order valence-corrected chi connectivity index (χ4v) is 2.91. The molecule has 128 valence electrons. The zero-order valence-corrected chi connectivity index (χ0v) is 14.4. The first-order valence-electron chi connectivity index (χ1n) is 7.24. The summed E-state index contributed by atoms with van der Waals surface area (Å²) in [6.07, 6.45) is 2.89. The fraction of sp³-hybridized carbons (Fsp3) is 0.250. The second-order valence-electron chi connectivity index (χ2n) is 5.00. The first kappa shape index (κ1) is 18.2. The number of nitrogens with two attached hydrogens (primary N) is 1. The van der Waals surface area contributed by atoms with Crippen LogP contribution in [0.25, 0.3) is 0 Å². The van der Waals surface area contributed by atoms with Crippen molar-refractivity contribution in [2.75, 3.05) is 29.9 Å². The predicted octanol–water partition coefficient (Wildman–Crippen LogP) is 2.09. The lowest BCUT2D eigenvalue weighted by Crippen LogP contribution is -2.38. The second kappa shape index (κ2) is 9.24. The third-order valence-electron chi connectivity index (χ3n) is 3.19. The monoisotopic (exact) mass is 367 g/mol. The van der Waals surface area contributed by atoms with E-state index in [1.165, 1.54) is 11.8 Å². The number of halogens is 1. The summed E-state index contributed by atoms with van der Waals surface area (Å²) in [5.41, 5.74) is 7.14. The molecule has 0 saturated heterocycles. The van der Waals surface area contributed by atoms with Gasteiger partial charge < -0.3 is 21.1 Å². The van der Waals surface area contributed by atoms with Crippen molar-refractivity contribution in [3.05, 3.63) is 46.4 Å². The van der Waals surface area contributed by atoms with Gasteiger partial charge in [0.15, 0.2) is 0 Å². The lowest BCUT2D eigenvalue weighted by molar-refractivity contribution is -0.133. The van der Waals surface area contributed by atoms with Crippen LogP contribution in [0.3, 0.4) is 0 Å². The van der Waals surface area contributed by atoms with Gasteiger partial charge in [-0.1, -0.05) is 11.6 Å². The highest BCUT2D eigenvalue weighted by atomic mass is 35.5. The number of anilines is 2. The number of amides is 1. The van der Waals surface area contributed by atoms with Crippen molar-refractivity contribution in [1.82, 2.24) is 5.32 Å². The summed E-state index contributed by atoms with van der Waals surface area (Å²) in [6, 6.07) is 7.19. The van der Waals surface area contributed by atoms with Crippen LogP contribution >= 0.6 is 23.4 Å². The van der Waals surface area contributed by atoms with Gasteiger partial charge >= 0.3 is 0 Å². The maximum atomic E-state index is 12.1. The summed E-state index contributed by atoms with van der Waals surface area (Å²) >= 11 is 7.22. The van der Waals surface area contributed by atoms with Gasteiger partial charge in [0.2, 0.25) is 0 Å². The Hall–Kier alpha value is -2.12. The topological polar surface area (TPSA) is 93.5 Å². The van der Waals surface area contributed by atoms with Gasteiger partial charge in [0, 0.05) is 22.2 Å². The van der Waals surface area contributed by atoms with E-state index in [0.717, 1.165) is 5.69 Å². The van der Waals surface area contributed by atoms with E-state index in [4.69, 9.17) is 22.1 Å². The van der Waals surface area contributed by atoms with Crippen LogP contribution in [0.15, 0.2) is 46.4 Å². The second-order valence-corrected chi connectivity index (χ2v) is 6.50. The van der Waals surface area contributed by atoms with Crippen LogP contribution < -0.4 is 16.4 Å². The first-order chi connectivity index (χ1) is 11.6. The van der Waals surface area contributed by atoms with E-state index < -0.39 is 6.10 Å². The Labute approximate surface area is 149 Å². The maximum Gasteiger partial charge on any atom is 0.293 e. The molecule has 8 heteroatoms. The highest BCUT2D eigenvalue weighted by Crippen LogP contribution is 2.25. The van der Waals surface area contributed by atoms with E-state index in [2.05, 4.69) is 10.6 Å². The molecule has 0 aromatic heterocycles. The summed E-state index contributed by atoms with van der Waals surface area (Å²) in [5, 5.41) is 6.58. The standard InChI is InChI=1S/C16H18ClN3O3S/c17-11-1-6-15(24-9-11)16(22)20-8-14(23-10-21)7-19-13-4-2-12(18)3-5-13/h1-6,10,14,19H,7-9,18H2,(H,20,22)/t14-/m1/s1. The number of thioether (sulfide) groups is 1. The molecule has 0 fully saturated rings. The molecule has 2 rings (SSSR count). The Bertz CT molecular complexity index is 646. The Morgan fingerprint density at radius 1 is 1.33 bits per heavy atom. The zero-order valence-electron chi connectivity index (χ0n) is 12.8. The molecule has 1 atom stereocenters. The number of hydrogen-bond acceptors (Lipinski definition) is 6. The molecule has 4 N–H and O–H groups in total. The molecule has 0 bridgehead atoms. The summed E-state index contributed by atoms with van der Waals surface area (Å²) in [5.74, 6) is 0.362. The molecule has 0 spiro atoms. The predicted molar refractivity (Wildman–Crippen MR) is 97.8 cm³/mol. The van der Waals surface area contributed by atoms with Crippen LogP contribution in [-0.4, -0.2) is 37.3 Å². The van der Waals surface area contributed by atoms with E-state index in [9.17, 15) is 9.59 Å². The number of nitrogen functional groups attached to an aromatic ring is 1. The number of hydrogen-bond donors (Lipinski definition) is 3. The normalized spacial score (nSPS) is 14.9. The molecule has 1 aromatic carbocycles. The average Bonchev–Trinajstić information content (AvgIpc) is 2.59. The third-order valence-corrected chi connectivity index (χ3v) is 4.69. The molecule has 1 aliphatic rings. The highest BCUT2D eigenvalue weighted by Gasteiger charge is 2.16. The Kier molecular flexibility index (Phi) is 7.02. The minimum absolute atomic E-state index is 0.203. The summed E-state index contributed by atoms with van der Waals surface area (Å²) < 4.78 is 5.00. The molecule has 0 aliphatic carbocycles. The number of carbonyl (C=O) groups excluding carboxylic acids is 2. The minimum atomic E-state index is -0.489. The van der Waals surface area contributed by atoms with E-state index in [-0.39, 0.29) is 12.5 Å². The van der Waals surface area contributed by atoms with E-state index in [1.54, 1.807) is 24.3 Å². The molecular formula is C16H18ClN3O3S. The number of nitrogens with one attached hydrogen (secondary N) is 2. The fourth-order valence-electron chi connectivity index (χ4n) is 1.92. The van der Waals surface area contributed by atoms with Gasteiger partial charge in [0.05, 0.1) is 18.0 Å². The lowest BCUT2D eigenvalue weighted by atomic mass is 10.2. The van der Waals surface area contributed by atoms with Crippen LogP contribution in [0.1, 0.15) is 0 Å². The number of allylic oxidation sites excluding steroid dienone is 2. The Morgan fingerprint density at radius 2 is 2.08 bits per heavy atom. The summed E-state index contributed by atoms with van der Waals surface area (Å²) in [7, 11) is 0. The van der Waals surface area contributed by atoms with Gasteiger partial charge in [-0.2, -0.15) is 0 Å². The van der Waals surface area contributed by atoms with Crippen molar-refractivity contribution < 1.29 is 14.3 Å². The number of ether oxygens (including phenoxy) is 1. The number of rotatable bonds is 8. The lowest BCUT2D eigenvalue weighted by Gasteiger charge is -2.18. The van der Waals surface area contributed by atoms with Crippen LogP contribution in [0, 0.1) is 0 Å². The molecule has 24 heavy (non-hydrogen) atoms. The van der Waals surface area contributed by atoms with Gasteiger partial charge in [-0.05, 0) is 36.4 Å². The van der Waals surface area contributed by atoms with Crippen molar-refractivity contribution in [2.24, 2.45) is 0 Å². The van der Waals surface area contributed by atoms with Crippen molar-refractivity contribution in [3.63, 3.8) is 0 Å². The van der Waals surface area contributed by atoms with Crippen molar-refractivity contribution in [2.45, 2.75) is 6.10 Å². The van der Waals surface area contributed by atoms with Crippen LogP contribution in [0.4, 0.5) is 11.4 Å². The quantitative estimate of drug-likeness (QED) is 0.481. The average molecular weight is 368 g/mol. The van der Waals surface area contributed by atoms with E-state index in [0.29, 0.717) is 34.4 Å². The van der Waals surface area contributed by atoms with E-state index in [1.807, 2.05) is 12.1 Å². The zero-order chi connectivity index (χ0) is 17.4. The SMILES string of the molecule is Nc1ccc(NC[C@H](CNC(=O)C2=CC=C(Cl)CS2)OC=O)cc1. The molecule has 1 aliphatic heterocycles. The summed E-state index contributed by atoms with van der Waals surface area (Å²) in [4.78, 5) is 23.3. The molecule has 1 aromatic rings. The highest BCUT2D eigenvalue weighted by molar-refractivity contribution is 8.04. The van der Waals surface area contributed by atoms with Crippen molar-refractivity contribution >= 4 is 47.1 Å². The van der Waals surface area contributed by atoms with Gasteiger partial charge in [-0.15, -0.1) is 11.8 Å². The largest absolute Gasteiger partial charge is 0.461 e. The van der Waals surface area contributed by atoms with Gasteiger partial charge in [0.25, 0.3) is 12.4 Å².